The number of anilines is 1. The molecule has 1 saturated heterocycles. The van der Waals surface area contributed by atoms with Gasteiger partial charge in [-0.15, -0.1) is 0 Å². The van der Waals surface area contributed by atoms with Crippen molar-refractivity contribution in [1.82, 2.24) is 0 Å². The van der Waals surface area contributed by atoms with Crippen LogP contribution in [0.25, 0.3) is 0 Å². The van der Waals surface area contributed by atoms with Crippen molar-refractivity contribution in [1.29, 1.82) is 5.26 Å². The average Bonchev–Trinajstić information content (AvgIpc) is 2.82. The van der Waals surface area contributed by atoms with Gasteiger partial charge in [-0.2, -0.15) is 5.26 Å². The summed E-state index contributed by atoms with van der Waals surface area (Å²) in [5.41, 5.74) is 1.08. The molecule has 1 aromatic carbocycles. The summed E-state index contributed by atoms with van der Waals surface area (Å²) >= 11 is 3.32. The van der Waals surface area contributed by atoms with Crippen molar-refractivity contribution in [2.75, 3.05) is 18.6 Å². The molecule has 100 valence electrons. The molecule has 0 saturated carbocycles. The maximum Gasteiger partial charge on any atom is 0.326 e. The number of nitrogens with zero attached hydrogens (tertiary/aromatic N) is 2. The van der Waals surface area contributed by atoms with Crippen LogP contribution in [0.1, 0.15) is 12.0 Å². The Hall–Kier alpha value is -1.58. The molecule has 1 heterocycles. The van der Waals surface area contributed by atoms with E-state index in [0.717, 1.165) is 0 Å². The van der Waals surface area contributed by atoms with E-state index in [4.69, 9.17) is 4.74 Å². The zero-order valence-electron chi connectivity index (χ0n) is 10.3. The van der Waals surface area contributed by atoms with E-state index in [1.54, 1.807) is 30.2 Å². The number of halogens is 1. The first kappa shape index (κ1) is 13.8. The number of benzene rings is 1. The van der Waals surface area contributed by atoms with E-state index in [9.17, 15) is 15.2 Å². The molecule has 5 nitrogen and oxygen atoms in total. The van der Waals surface area contributed by atoms with E-state index in [0.29, 0.717) is 28.7 Å². The molecule has 2 unspecified atom stereocenters. The molecule has 0 amide bonds. The van der Waals surface area contributed by atoms with Crippen LogP contribution in [0.5, 0.6) is 0 Å². The molecule has 2 rings (SSSR count). The van der Waals surface area contributed by atoms with Crippen molar-refractivity contribution in [2.24, 2.45) is 0 Å². The smallest absolute Gasteiger partial charge is 0.326 e. The van der Waals surface area contributed by atoms with E-state index < -0.39 is 12.0 Å². The first-order chi connectivity index (χ1) is 9.08. The van der Waals surface area contributed by atoms with Gasteiger partial charge in [-0.25, -0.2) is 4.79 Å². The Bertz CT molecular complexity index is 541. The van der Waals surface area contributed by atoms with Gasteiger partial charge in [0.2, 0.25) is 0 Å². The number of nitriles is 1. The van der Waals surface area contributed by atoms with Crippen molar-refractivity contribution >= 4 is 27.6 Å². The average molecular weight is 325 g/mol. The predicted molar refractivity (Wildman–Crippen MR) is 73.0 cm³/mol. The molecule has 19 heavy (non-hydrogen) atoms. The summed E-state index contributed by atoms with van der Waals surface area (Å²) in [6.45, 7) is 0.471. The standard InChI is InChI=1S/C13H13BrN2O3/c1-19-8-5-12(13(17)18)16(7-8)11-4-2-3-10(14)9(11)6-15/h2-4,8,12H,5,7H2,1H3,(H,17,18). The second-order valence-corrected chi connectivity index (χ2v) is 5.20. The van der Waals surface area contributed by atoms with E-state index in [2.05, 4.69) is 22.0 Å². The molecule has 1 aliphatic rings. The Morgan fingerprint density at radius 2 is 2.37 bits per heavy atom. The van der Waals surface area contributed by atoms with E-state index >= 15 is 0 Å². The first-order valence-electron chi connectivity index (χ1n) is 5.79. The highest BCUT2D eigenvalue weighted by Gasteiger charge is 2.38. The SMILES string of the molecule is COC1CC(C(=O)O)N(c2cccc(Br)c2C#N)C1. The topological polar surface area (TPSA) is 73.6 Å². The molecule has 1 fully saturated rings. The second kappa shape index (κ2) is 5.59. The Labute approximate surface area is 119 Å². The second-order valence-electron chi connectivity index (χ2n) is 4.35. The van der Waals surface area contributed by atoms with Crippen LogP contribution in [-0.4, -0.2) is 36.9 Å². The highest BCUT2D eigenvalue weighted by Crippen LogP contribution is 2.33. The van der Waals surface area contributed by atoms with Crippen molar-refractivity contribution in [3.05, 3.63) is 28.2 Å². The maximum absolute atomic E-state index is 11.3. The molecule has 1 aromatic rings. The number of carboxylic acid groups (broad SMARTS) is 1. The van der Waals surface area contributed by atoms with Gasteiger partial charge < -0.3 is 14.7 Å². The van der Waals surface area contributed by atoms with E-state index in [1.165, 1.54) is 0 Å². The molecule has 6 heteroatoms. The molecular weight excluding hydrogens is 312 g/mol. The van der Waals surface area contributed by atoms with Gasteiger partial charge in [0.05, 0.1) is 17.4 Å². The summed E-state index contributed by atoms with van der Waals surface area (Å²) in [6.07, 6.45) is 0.287. The van der Waals surface area contributed by atoms with Crippen LogP contribution in [0.2, 0.25) is 0 Å². The summed E-state index contributed by atoms with van der Waals surface area (Å²) in [6, 6.07) is 6.77. The van der Waals surface area contributed by atoms with Crippen LogP contribution in [-0.2, 0) is 9.53 Å². The molecule has 1 N–H and O–H groups in total. The highest BCUT2D eigenvalue weighted by molar-refractivity contribution is 9.10. The fraction of sp³-hybridized carbons (Fsp3) is 0.385. The molecule has 1 aliphatic heterocycles. The third-order valence-corrected chi connectivity index (χ3v) is 3.95. The van der Waals surface area contributed by atoms with Gasteiger partial charge >= 0.3 is 5.97 Å². The normalized spacial score (nSPS) is 22.3. The number of hydrogen-bond acceptors (Lipinski definition) is 4. The number of aliphatic carboxylic acids is 1. The summed E-state index contributed by atoms with van der Waals surface area (Å²) in [7, 11) is 1.57. The Kier molecular flexibility index (Phi) is 4.08. The molecular formula is C13H13BrN2O3. The summed E-state index contributed by atoms with van der Waals surface area (Å²) in [5, 5.41) is 18.5. The quantitative estimate of drug-likeness (QED) is 0.920. The van der Waals surface area contributed by atoms with Crippen molar-refractivity contribution in [3.63, 3.8) is 0 Å². The lowest BCUT2D eigenvalue weighted by atomic mass is 10.1. The molecule has 0 spiro atoms. The summed E-state index contributed by atoms with van der Waals surface area (Å²) < 4.78 is 5.91. The Morgan fingerprint density at radius 1 is 1.63 bits per heavy atom. The minimum absolute atomic E-state index is 0.133. The van der Waals surface area contributed by atoms with Crippen LogP contribution >= 0.6 is 15.9 Å². The molecule has 0 aromatic heterocycles. The van der Waals surface area contributed by atoms with E-state index in [1.807, 2.05) is 0 Å². The largest absolute Gasteiger partial charge is 0.480 e. The van der Waals surface area contributed by atoms with Crippen molar-refractivity contribution in [3.8, 4) is 6.07 Å². The zero-order chi connectivity index (χ0) is 14.0. The van der Waals surface area contributed by atoms with Crippen LogP contribution in [0.15, 0.2) is 22.7 Å². The minimum Gasteiger partial charge on any atom is -0.480 e. The molecule has 2 atom stereocenters. The van der Waals surface area contributed by atoms with Crippen LogP contribution < -0.4 is 4.90 Å². The fourth-order valence-corrected chi connectivity index (χ4v) is 2.78. The molecule has 0 aliphatic carbocycles. The fourth-order valence-electron chi connectivity index (χ4n) is 2.33. The summed E-state index contributed by atoms with van der Waals surface area (Å²) in [4.78, 5) is 13.1. The lowest BCUT2D eigenvalue weighted by Gasteiger charge is -2.24. The highest BCUT2D eigenvalue weighted by atomic mass is 79.9. The van der Waals surface area contributed by atoms with Crippen LogP contribution in [0.4, 0.5) is 5.69 Å². The monoisotopic (exact) mass is 324 g/mol. The Morgan fingerprint density at radius 3 is 2.95 bits per heavy atom. The third kappa shape index (κ3) is 2.57. The van der Waals surface area contributed by atoms with Gasteiger partial charge in [0.25, 0.3) is 0 Å². The van der Waals surface area contributed by atoms with Crippen molar-refractivity contribution < 1.29 is 14.6 Å². The number of carbonyl (C=O) groups is 1. The van der Waals surface area contributed by atoms with Gasteiger partial charge in [-0.1, -0.05) is 6.07 Å². The molecule has 0 bridgehead atoms. The maximum atomic E-state index is 11.3. The van der Waals surface area contributed by atoms with E-state index in [-0.39, 0.29) is 6.10 Å². The lowest BCUT2D eigenvalue weighted by Crippen LogP contribution is -2.36. The number of hydrogen-bond donors (Lipinski definition) is 1. The number of carboxylic acids is 1. The van der Waals surface area contributed by atoms with Gasteiger partial charge in [0.15, 0.2) is 0 Å². The van der Waals surface area contributed by atoms with Crippen molar-refractivity contribution in [2.45, 2.75) is 18.6 Å². The predicted octanol–water partition coefficient (Wildman–Crippen LogP) is 2.00. The van der Waals surface area contributed by atoms with Gasteiger partial charge in [-0.05, 0) is 28.1 Å². The van der Waals surface area contributed by atoms with Gasteiger partial charge in [0.1, 0.15) is 12.1 Å². The minimum atomic E-state index is -0.900. The van der Waals surface area contributed by atoms with Gasteiger partial charge in [-0.3, -0.25) is 0 Å². The van der Waals surface area contributed by atoms with Gasteiger partial charge in [0, 0.05) is 24.5 Å². The first-order valence-corrected chi connectivity index (χ1v) is 6.58. The molecule has 0 radical (unpaired) electrons. The van der Waals surface area contributed by atoms with Crippen LogP contribution in [0.3, 0.4) is 0 Å². The number of ether oxygens (including phenoxy) is 1. The zero-order valence-corrected chi connectivity index (χ0v) is 11.9. The third-order valence-electron chi connectivity index (χ3n) is 3.29. The van der Waals surface area contributed by atoms with Crippen LogP contribution in [0, 0.1) is 11.3 Å². The number of methoxy groups -OCH3 is 1. The lowest BCUT2D eigenvalue weighted by molar-refractivity contribution is -0.138. The number of rotatable bonds is 3. The summed E-state index contributed by atoms with van der Waals surface area (Å²) in [5.74, 6) is -0.900. The Balaban J connectivity index is 2.43.